The van der Waals surface area contributed by atoms with Gasteiger partial charge in [-0.2, -0.15) is 0 Å². The lowest BCUT2D eigenvalue weighted by Gasteiger charge is -2.00. The first-order valence-corrected chi connectivity index (χ1v) is 4.25. The van der Waals surface area contributed by atoms with E-state index in [1.54, 1.807) is 6.92 Å². The number of nitrogens with zero attached hydrogens (tertiary/aromatic N) is 1. The minimum Gasteiger partial charge on any atom is -0.343 e. The molecule has 0 unspecified atom stereocenters. The Morgan fingerprint density at radius 3 is 2.77 bits per heavy atom. The summed E-state index contributed by atoms with van der Waals surface area (Å²) in [4.78, 5) is 17.4. The molecule has 1 aromatic rings. The van der Waals surface area contributed by atoms with Crippen molar-refractivity contribution in [2.24, 2.45) is 0 Å². The van der Waals surface area contributed by atoms with Crippen LogP contribution in [-0.4, -0.2) is 15.9 Å². The average molecular weight is 239 g/mol. The second-order valence-corrected chi connectivity index (χ2v) is 3.10. The predicted molar refractivity (Wildman–Crippen MR) is 50.4 cm³/mol. The minimum absolute atomic E-state index is 0.0214. The molecule has 13 heavy (non-hydrogen) atoms. The maximum absolute atomic E-state index is 11.0. The molecule has 0 atom stereocenters. The van der Waals surface area contributed by atoms with Gasteiger partial charge in [0.1, 0.15) is 33.0 Å². The SMILES string of the molecule is Cc1nc(Cl)c(C(=O)OCl)c(=S)[nH]1. The van der Waals surface area contributed by atoms with Crippen molar-refractivity contribution < 1.29 is 9.08 Å². The zero-order valence-corrected chi connectivity index (χ0v) is 8.76. The Morgan fingerprint density at radius 2 is 2.31 bits per heavy atom. The van der Waals surface area contributed by atoms with Gasteiger partial charge in [-0.1, -0.05) is 23.8 Å². The Bertz CT molecular complexity index is 404. The number of hydrogen-bond donors (Lipinski definition) is 1. The maximum Gasteiger partial charge on any atom is 0.362 e. The van der Waals surface area contributed by atoms with Gasteiger partial charge in [-0.15, -0.1) is 0 Å². The van der Waals surface area contributed by atoms with E-state index in [0.29, 0.717) is 5.82 Å². The number of hydrogen-bond acceptors (Lipinski definition) is 4. The van der Waals surface area contributed by atoms with Crippen molar-refractivity contribution in [1.82, 2.24) is 9.97 Å². The third-order valence-electron chi connectivity index (χ3n) is 1.27. The molecule has 0 bridgehead atoms. The molecule has 7 heteroatoms. The molecule has 1 heterocycles. The van der Waals surface area contributed by atoms with Gasteiger partial charge in [0.2, 0.25) is 0 Å². The molecule has 1 N–H and O–H groups in total. The Morgan fingerprint density at radius 1 is 1.69 bits per heavy atom. The summed E-state index contributed by atoms with van der Waals surface area (Å²) in [7, 11) is 0. The normalized spacial score (nSPS) is 9.77. The van der Waals surface area contributed by atoms with Crippen molar-refractivity contribution >= 4 is 41.7 Å². The molecule has 0 radical (unpaired) electrons. The van der Waals surface area contributed by atoms with Crippen LogP contribution in [0.5, 0.6) is 0 Å². The van der Waals surface area contributed by atoms with Crippen LogP contribution in [0.2, 0.25) is 5.15 Å². The molecule has 1 rings (SSSR count). The molecular formula is C6H4Cl2N2O2S. The summed E-state index contributed by atoms with van der Waals surface area (Å²) in [6.45, 7) is 1.66. The van der Waals surface area contributed by atoms with E-state index in [0.717, 1.165) is 0 Å². The number of carbonyl (C=O) groups excluding carboxylic acids is 1. The van der Waals surface area contributed by atoms with Crippen LogP contribution in [0, 0.1) is 11.6 Å². The molecule has 0 saturated heterocycles. The Labute approximate surface area is 89.0 Å². The van der Waals surface area contributed by atoms with Crippen LogP contribution in [0.4, 0.5) is 0 Å². The predicted octanol–water partition coefficient (Wildman–Crippen LogP) is 2.41. The molecule has 70 valence electrons. The average Bonchev–Trinajstić information content (AvgIpc) is 2.02. The number of carbonyl (C=O) groups is 1. The Kier molecular flexibility index (Phi) is 3.24. The van der Waals surface area contributed by atoms with Gasteiger partial charge in [0, 0.05) is 0 Å². The molecular weight excluding hydrogens is 235 g/mol. The Hall–Kier alpha value is -0.650. The van der Waals surface area contributed by atoms with Gasteiger partial charge in [-0.3, -0.25) is 0 Å². The third kappa shape index (κ3) is 2.18. The first kappa shape index (κ1) is 10.4. The molecule has 1 aromatic heterocycles. The van der Waals surface area contributed by atoms with Crippen molar-refractivity contribution in [1.29, 1.82) is 0 Å². The quantitative estimate of drug-likeness (QED) is 0.603. The fourth-order valence-electron chi connectivity index (χ4n) is 0.767. The fraction of sp³-hybridized carbons (Fsp3) is 0.167. The largest absolute Gasteiger partial charge is 0.362 e. The Balaban J connectivity index is 3.38. The highest BCUT2D eigenvalue weighted by molar-refractivity contribution is 7.71. The van der Waals surface area contributed by atoms with Crippen molar-refractivity contribution in [3.63, 3.8) is 0 Å². The number of rotatable bonds is 1. The monoisotopic (exact) mass is 238 g/mol. The maximum atomic E-state index is 11.0. The lowest BCUT2D eigenvalue weighted by Crippen LogP contribution is -2.04. The van der Waals surface area contributed by atoms with E-state index in [2.05, 4.69) is 14.3 Å². The van der Waals surface area contributed by atoms with Gasteiger partial charge in [-0.25, -0.2) is 9.78 Å². The molecule has 0 saturated carbocycles. The van der Waals surface area contributed by atoms with Gasteiger partial charge in [0.05, 0.1) is 0 Å². The molecule has 0 aliphatic rings. The van der Waals surface area contributed by atoms with E-state index in [1.807, 2.05) is 0 Å². The third-order valence-corrected chi connectivity index (χ3v) is 1.99. The lowest BCUT2D eigenvalue weighted by molar-refractivity contribution is 0.0750. The van der Waals surface area contributed by atoms with Crippen LogP contribution >= 0.6 is 35.7 Å². The van der Waals surface area contributed by atoms with Gasteiger partial charge in [0.25, 0.3) is 0 Å². The summed E-state index contributed by atoms with van der Waals surface area (Å²) in [5.41, 5.74) is -0.0303. The van der Waals surface area contributed by atoms with Gasteiger partial charge in [0.15, 0.2) is 0 Å². The van der Waals surface area contributed by atoms with Crippen LogP contribution in [0.15, 0.2) is 0 Å². The molecule has 0 fully saturated rings. The highest BCUT2D eigenvalue weighted by Crippen LogP contribution is 2.15. The molecule has 0 spiro atoms. The number of halogens is 2. The molecule has 0 aliphatic heterocycles. The summed E-state index contributed by atoms with van der Waals surface area (Å²) in [6, 6.07) is 0. The van der Waals surface area contributed by atoms with E-state index >= 15 is 0 Å². The summed E-state index contributed by atoms with van der Waals surface area (Å²) in [5.74, 6) is -0.304. The van der Waals surface area contributed by atoms with Crippen LogP contribution in [-0.2, 0) is 4.29 Å². The first-order chi connectivity index (χ1) is 6.06. The van der Waals surface area contributed by atoms with Crippen LogP contribution in [0.1, 0.15) is 16.2 Å². The van der Waals surface area contributed by atoms with Crippen LogP contribution < -0.4 is 0 Å². The van der Waals surface area contributed by atoms with E-state index < -0.39 is 5.97 Å². The topological polar surface area (TPSA) is 55.0 Å². The smallest absolute Gasteiger partial charge is 0.343 e. The van der Waals surface area contributed by atoms with Crippen LogP contribution in [0.3, 0.4) is 0 Å². The second kappa shape index (κ2) is 4.04. The number of H-pyrrole nitrogens is 1. The van der Waals surface area contributed by atoms with E-state index in [1.165, 1.54) is 0 Å². The van der Waals surface area contributed by atoms with Gasteiger partial charge >= 0.3 is 5.97 Å². The van der Waals surface area contributed by atoms with E-state index in [9.17, 15) is 4.79 Å². The standard InChI is InChI=1S/C6H4Cl2N2O2S/c1-2-9-4(7)3(5(13)10-2)6(11)12-8/h1H3,(H,9,10,13). The summed E-state index contributed by atoms with van der Waals surface area (Å²) >= 11 is 15.4. The molecule has 0 amide bonds. The number of aryl methyl sites for hydroxylation is 1. The number of nitrogens with one attached hydrogen (secondary N) is 1. The van der Waals surface area contributed by atoms with Crippen LogP contribution in [0.25, 0.3) is 0 Å². The first-order valence-electron chi connectivity index (χ1n) is 3.15. The molecule has 0 aliphatic carbocycles. The van der Waals surface area contributed by atoms with E-state index in [4.69, 9.17) is 35.7 Å². The highest BCUT2D eigenvalue weighted by atomic mass is 35.5. The summed E-state index contributed by atoms with van der Waals surface area (Å²) < 4.78 is 4.12. The second-order valence-electron chi connectivity index (χ2n) is 2.18. The summed E-state index contributed by atoms with van der Waals surface area (Å²) in [6.07, 6.45) is 0. The lowest BCUT2D eigenvalue weighted by atomic mass is 10.3. The number of aromatic nitrogens is 2. The highest BCUT2D eigenvalue weighted by Gasteiger charge is 2.15. The van der Waals surface area contributed by atoms with Gasteiger partial charge in [-0.05, 0) is 6.92 Å². The minimum atomic E-state index is -0.819. The molecule has 0 aromatic carbocycles. The van der Waals surface area contributed by atoms with Crippen molar-refractivity contribution in [2.45, 2.75) is 6.92 Å². The number of aromatic amines is 1. The fourth-order valence-corrected chi connectivity index (χ4v) is 1.53. The van der Waals surface area contributed by atoms with Crippen molar-refractivity contribution in [3.8, 4) is 0 Å². The summed E-state index contributed by atoms with van der Waals surface area (Å²) in [5, 5.41) is -0.0214. The zero-order chi connectivity index (χ0) is 10.0. The van der Waals surface area contributed by atoms with Crippen molar-refractivity contribution in [2.75, 3.05) is 0 Å². The van der Waals surface area contributed by atoms with Gasteiger partial charge < -0.3 is 9.27 Å². The van der Waals surface area contributed by atoms with Crippen molar-refractivity contribution in [3.05, 3.63) is 21.2 Å². The molecule has 4 nitrogen and oxygen atoms in total. The zero-order valence-electron chi connectivity index (χ0n) is 6.43. The van der Waals surface area contributed by atoms with E-state index in [-0.39, 0.29) is 15.4 Å².